The molecule has 0 fully saturated rings. The summed E-state index contributed by atoms with van der Waals surface area (Å²) in [7, 11) is -2.23. The van der Waals surface area contributed by atoms with Crippen molar-refractivity contribution >= 4 is 43.2 Å². The molecule has 0 saturated heterocycles. The van der Waals surface area contributed by atoms with Crippen LogP contribution in [0.15, 0.2) is 21.5 Å². The highest BCUT2D eigenvalue weighted by molar-refractivity contribution is 9.10. The molecule has 1 heterocycles. The lowest BCUT2D eigenvalue weighted by molar-refractivity contribution is 0.599. The molecule has 1 aromatic carbocycles. The SMILES string of the molecule is Cc1nn(C)c(C)c1S(=O)(=O)Nc1c(Cl)cc(F)cc1Br. The summed E-state index contributed by atoms with van der Waals surface area (Å²) in [6, 6.07) is 2.17. The third-order valence-corrected chi connectivity index (χ3v) is 5.48. The van der Waals surface area contributed by atoms with E-state index in [0.29, 0.717) is 11.4 Å². The molecule has 1 N–H and O–H groups in total. The van der Waals surface area contributed by atoms with Crippen LogP contribution < -0.4 is 4.72 Å². The van der Waals surface area contributed by atoms with Crippen LogP contribution in [-0.2, 0) is 17.1 Å². The Hall–Kier alpha value is -1.12. The standard InChI is InChI=1S/C12H12BrClFN3O2S/c1-6-12(7(2)18(3)16-6)21(19,20)17-11-9(13)4-8(15)5-10(11)14/h4-5,17H,1-3H3. The fourth-order valence-electron chi connectivity index (χ4n) is 1.97. The number of anilines is 1. The molecule has 0 spiro atoms. The minimum atomic E-state index is -3.88. The molecular weight excluding hydrogens is 385 g/mol. The molecule has 2 rings (SSSR count). The van der Waals surface area contributed by atoms with Crippen LogP contribution in [0.1, 0.15) is 11.4 Å². The molecule has 0 aliphatic rings. The van der Waals surface area contributed by atoms with Gasteiger partial charge in [-0.15, -0.1) is 0 Å². The highest BCUT2D eigenvalue weighted by atomic mass is 79.9. The van der Waals surface area contributed by atoms with Crippen LogP contribution in [0.25, 0.3) is 0 Å². The number of sulfonamides is 1. The van der Waals surface area contributed by atoms with Gasteiger partial charge in [-0.05, 0) is 41.9 Å². The Labute approximate surface area is 135 Å². The van der Waals surface area contributed by atoms with E-state index in [2.05, 4.69) is 25.8 Å². The van der Waals surface area contributed by atoms with Gasteiger partial charge in [-0.2, -0.15) is 5.10 Å². The summed E-state index contributed by atoms with van der Waals surface area (Å²) in [6.07, 6.45) is 0. The Morgan fingerprint density at radius 2 is 2.00 bits per heavy atom. The predicted molar refractivity (Wildman–Crippen MR) is 82.6 cm³/mol. The molecule has 0 aliphatic heterocycles. The van der Waals surface area contributed by atoms with Gasteiger partial charge in [0.05, 0.1) is 22.1 Å². The van der Waals surface area contributed by atoms with E-state index < -0.39 is 15.8 Å². The van der Waals surface area contributed by atoms with Gasteiger partial charge >= 0.3 is 0 Å². The van der Waals surface area contributed by atoms with Crippen LogP contribution in [0.4, 0.5) is 10.1 Å². The topological polar surface area (TPSA) is 64.0 Å². The Balaban J connectivity index is 2.53. The Bertz CT molecular complexity index is 797. The van der Waals surface area contributed by atoms with E-state index in [0.717, 1.165) is 12.1 Å². The van der Waals surface area contributed by atoms with E-state index in [1.54, 1.807) is 20.9 Å². The first kappa shape index (κ1) is 16.3. The number of rotatable bonds is 3. The number of aromatic nitrogens is 2. The first-order chi connectivity index (χ1) is 9.63. The molecule has 0 bridgehead atoms. The maximum atomic E-state index is 13.2. The molecule has 1 aromatic heterocycles. The van der Waals surface area contributed by atoms with Crippen LogP contribution in [0.5, 0.6) is 0 Å². The molecular formula is C12H12BrClFN3O2S. The van der Waals surface area contributed by atoms with Gasteiger partial charge in [-0.3, -0.25) is 9.40 Å². The second kappa shape index (κ2) is 5.58. The molecule has 9 heteroatoms. The highest BCUT2D eigenvalue weighted by Gasteiger charge is 2.25. The molecule has 0 unspecified atom stereocenters. The van der Waals surface area contributed by atoms with Crippen molar-refractivity contribution in [1.82, 2.24) is 9.78 Å². The van der Waals surface area contributed by atoms with Crippen LogP contribution >= 0.6 is 27.5 Å². The number of aryl methyl sites for hydroxylation is 2. The number of nitrogens with zero attached hydrogens (tertiary/aromatic N) is 2. The highest BCUT2D eigenvalue weighted by Crippen LogP contribution is 2.34. The van der Waals surface area contributed by atoms with Gasteiger partial charge in [0.15, 0.2) is 0 Å². The third kappa shape index (κ3) is 3.07. The summed E-state index contributed by atoms with van der Waals surface area (Å²) in [4.78, 5) is 0.0808. The molecule has 0 aliphatic carbocycles. The lowest BCUT2D eigenvalue weighted by Gasteiger charge is -2.12. The van der Waals surface area contributed by atoms with Crippen LogP contribution in [-0.4, -0.2) is 18.2 Å². The molecule has 0 saturated carbocycles. The van der Waals surface area contributed by atoms with Gasteiger partial charge in [-0.1, -0.05) is 11.6 Å². The minimum absolute atomic E-state index is 0.0374. The number of nitrogens with one attached hydrogen (secondary N) is 1. The quantitative estimate of drug-likeness (QED) is 0.865. The zero-order chi connectivity index (χ0) is 15.9. The first-order valence-corrected chi connectivity index (χ1v) is 8.46. The molecule has 21 heavy (non-hydrogen) atoms. The second-order valence-electron chi connectivity index (χ2n) is 4.47. The summed E-state index contributed by atoms with van der Waals surface area (Å²) in [5, 5.41) is 4.03. The number of benzene rings is 1. The van der Waals surface area contributed by atoms with Gasteiger partial charge < -0.3 is 0 Å². The zero-order valence-corrected chi connectivity index (χ0v) is 14.6. The van der Waals surface area contributed by atoms with Gasteiger partial charge in [0.25, 0.3) is 10.0 Å². The van der Waals surface area contributed by atoms with Gasteiger partial charge in [-0.25, -0.2) is 12.8 Å². The Kier molecular flexibility index (Phi) is 4.32. The van der Waals surface area contributed by atoms with Crippen LogP contribution in [0.2, 0.25) is 5.02 Å². The van der Waals surface area contributed by atoms with E-state index >= 15 is 0 Å². The van der Waals surface area contributed by atoms with Crippen molar-refractivity contribution in [2.45, 2.75) is 18.7 Å². The van der Waals surface area contributed by atoms with Crippen molar-refractivity contribution in [3.63, 3.8) is 0 Å². The van der Waals surface area contributed by atoms with E-state index in [4.69, 9.17) is 11.6 Å². The molecule has 2 aromatic rings. The zero-order valence-electron chi connectivity index (χ0n) is 11.4. The lowest BCUT2D eigenvalue weighted by Crippen LogP contribution is -2.15. The summed E-state index contributed by atoms with van der Waals surface area (Å²) < 4.78 is 42.3. The van der Waals surface area contributed by atoms with Crippen molar-refractivity contribution in [3.8, 4) is 0 Å². The summed E-state index contributed by atoms with van der Waals surface area (Å²) in [5.74, 6) is -0.566. The van der Waals surface area contributed by atoms with Crippen molar-refractivity contribution in [2.75, 3.05) is 4.72 Å². The minimum Gasteiger partial charge on any atom is -0.277 e. The van der Waals surface area contributed by atoms with Crippen molar-refractivity contribution in [2.24, 2.45) is 7.05 Å². The van der Waals surface area contributed by atoms with Crippen LogP contribution in [0, 0.1) is 19.7 Å². The van der Waals surface area contributed by atoms with Crippen molar-refractivity contribution in [3.05, 3.63) is 38.8 Å². The van der Waals surface area contributed by atoms with Crippen LogP contribution in [0.3, 0.4) is 0 Å². The first-order valence-electron chi connectivity index (χ1n) is 5.81. The number of hydrogen-bond donors (Lipinski definition) is 1. The van der Waals surface area contributed by atoms with E-state index in [9.17, 15) is 12.8 Å². The summed E-state index contributed by atoms with van der Waals surface area (Å²) in [6.45, 7) is 3.25. The summed E-state index contributed by atoms with van der Waals surface area (Å²) in [5.41, 5.74) is 0.951. The Morgan fingerprint density at radius 3 is 2.48 bits per heavy atom. The van der Waals surface area contributed by atoms with Crippen molar-refractivity contribution in [1.29, 1.82) is 0 Å². The van der Waals surface area contributed by atoms with Gasteiger partial charge in [0.1, 0.15) is 10.7 Å². The van der Waals surface area contributed by atoms with E-state index in [1.165, 1.54) is 4.68 Å². The molecule has 0 amide bonds. The largest absolute Gasteiger partial charge is 0.277 e. The van der Waals surface area contributed by atoms with Gasteiger partial charge in [0.2, 0.25) is 0 Å². The normalized spacial score (nSPS) is 11.7. The fraction of sp³-hybridized carbons (Fsp3) is 0.250. The number of halogens is 3. The molecule has 5 nitrogen and oxygen atoms in total. The Morgan fingerprint density at radius 1 is 1.38 bits per heavy atom. The van der Waals surface area contributed by atoms with E-state index in [-0.39, 0.29) is 20.1 Å². The fourth-order valence-corrected chi connectivity index (χ4v) is 4.60. The summed E-state index contributed by atoms with van der Waals surface area (Å²) >= 11 is 8.99. The molecule has 0 radical (unpaired) electrons. The molecule has 0 atom stereocenters. The second-order valence-corrected chi connectivity index (χ2v) is 7.35. The lowest BCUT2D eigenvalue weighted by atomic mass is 10.3. The van der Waals surface area contributed by atoms with Crippen molar-refractivity contribution < 1.29 is 12.8 Å². The predicted octanol–water partition coefficient (Wildman–Crippen LogP) is 3.39. The maximum Gasteiger partial charge on any atom is 0.265 e. The average Bonchev–Trinajstić information content (AvgIpc) is 2.58. The third-order valence-electron chi connectivity index (χ3n) is 2.95. The molecule has 114 valence electrons. The monoisotopic (exact) mass is 395 g/mol. The van der Waals surface area contributed by atoms with Gasteiger partial charge in [0, 0.05) is 11.5 Å². The average molecular weight is 397 g/mol. The maximum absolute atomic E-state index is 13.2. The van der Waals surface area contributed by atoms with E-state index in [1.807, 2.05) is 0 Å². The smallest absolute Gasteiger partial charge is 0.265 e. The number of hydrogen-bond acceptors (Lipinski definition) is 3.